The van der Waals surface area contributed by atoms with Crippen LogP contribution in [0.5, 0.6) is 0 Å². The predicted molar refractivity (Wildman–Crippen MR) is 49.4 cm³/mol. The summed E-state index contributed by atoms with van der Waals surface area (Å²) in [5.74, 6) is -0.245. The number of carbonyl (C=O) groups is 1. The van der Waals surface area contributed by atoms with Gasteiger partial charge in [0.15, 0.2) is 0 Å². The van der Waals surface area contributed by atoms with Gasteiger partial charge in [-0.3, -0.25) is 4.79 Å². The fourth-order valence-corrected chi connectivity index (χ4v) is 1.79. The Bertz CT molecular complexity index is 338. The predicted octanol–water partition coefficient (Wildman–Crippen LogP) is 1.53. The van der Waals surface area contributed by atoms with Gasteiger partial charge in [-0.2, -0.15) is 5.26 Å². The minimum Gasteiger partial charge on any atom is -0.469 e. The molecule has 0 saturated heterocycles. The van der Waals surface area contributed by atoms with E-state index in [1.165, 1.54) is 18.4 Å². The minimum absolute atomic E-state index is 0.245. The fourth-order valence-electron chi connectivity index (χ4n) is 0.917. The molecule has 0 N–H and O–H groups in total. The number of nitrogens with zero attached hydrogens (tertiary/aromatic N) is 1. The Morgan fingerprint density at radius 1 is 1.77 bits per heavy atom. The Balaban J connectivity index is 2.59. The third-order valence-electron chi connectivity index (χ3n) is 1.54. The van der Waals surface area contributed by atoms with Crippen LogP contribution in [0.25, 0.3) is 0 Å². The molecule has 0 radical (unpaired) electrons. The van der Waals surface area contributed by atoms with Crippen LogP contribution in [-0.4, -0.2) is 13.1 Å². The van der Waals surface area contributed by atoms with Gasteiger partial charge in [0.2, 0.25) is 0 Å². The Labute approximate surface area is 80.6 Å². The molecule has 0 bridgehead atoms. The SMILES string of the molecule is COC(=O)Cc1cc(CC#N)cs1. The highest BCUT2D eigenvalue weighted by Gasteiger charge is 2.05. The Morgan fingerprint density at radius 3 is 3.15 bits per heavy atom. The summed E-state index contributed by atoms with van der Waals surface area (Å²) in [5, 5.41) is 10.3. The molecular weight excluding hydrogens is 186 g/mol. The molecular formula is C9H9NO2S. The third kappa shape index (κ3) is 2.88. The number of thiophene rings is 1. The third-order valence-corrected chi connectivity index (χ3v) is 2.52. The summed E-state index contributed by atoms with van der Waals surface area (Å²) in [4.78, 5) is 11.8. The molecule has 13 heavy (non-hydrogen) atoms. The summed E-state index contributed by atoms with van der Waals surface area (Å²) in [7, 11) is 1.37. The van der Waals surface area contributed by atoms with E-state index < -0.39 is 0 Å². The van der Waals surface area contributed by atoms with E-state index in [0.717, 1.165) is 10.4 Å². The van der Waals surface area contributed by atoms with Gasteiger partial charge in [-0.05, 0) is 17.0 Å². The van der Waals surface area contributed by atoms with Crippen molar-refractivity contribution < 1.29 is 9.53 Å². The normalized spacial score (nSPS) is 9.23. The highest BCUT2D eigenvalue weighted by molar-refractivity contribution is 7.10. The molecule has 0 spiro atoms. The molecule has 1 aromatic rings. The van der Waals surface area contributed by atoms with Crippen LogP contribution in [0.15, 0.2) is 11.4 Å². The van der Waals surface area contributed by atoms with Gasteiger partial charge in [0.25, 0.3) is 0 Å². The average molecular weight is 195 g/mol. The molecule has 0 unspecified atom stereocenters. The van der Waals surface area contributed by atoms with E-state index in [1.54, 1.807) is 0 Å². The van der Waals surface area contributed by atoms with Crippen LogP contribution in [0.3, 0.4) is 0 Å². The van der Waals surface area contributed by atoms with E-state index in [9.17, 15) is 4.79 Å². The molecule has 0 aromatic carbocycles. The molecule has 0 saturated carbocycles. The van der Waals surface area contributed by atoms with Gasteiger partial charge in [-0.1, -0.05) is 0 Å². The first-order valence-corrected chi connectivity index (χ1v) is 4.64. The maximum absolute atomic E-state index is 10.9. The maximum Gasteiger partial charge on any atom is 0.310 e. The zero-order valence-corrected chi connectivity index (χ0v) is 8.06. The lowest BCUT2D eigenvalue weighted by Crippen LogP contribution is -2.02. The van der Waals surface area contributed by atoms with Crippen molar-refractivity contribution in [1.29, 1.82) is 5.26 Å². The summed E-state index contributed by atoms with van der Waals surface area (Å²) in [5.41, 5.74) is 0.964. The molecule has 0 aliphatic carbocycles. The number of methoxy groups -OCH3 is 1. The van der Waals surface area contributed by atoms with Gasteiger partial charge in [-0.15, -0.1) is 11.3 Å². The van der Waals surface area contributed by atoms with Crippen molar-refractivity contribution in [3.05, 3.63) is 21.9 Å². The molecule has 0 aliphatic rings. The summed E-state index contributed by atoms with van der Waals surface area (Å²) >= 11 is 1.48. The lowest BCUT2D eigenvalue weighted by Gasteiger charge is -1.93. The van der Waals surface area contributed by atoms with Crippen molar-refractivity contribution in [3.8, 4) is 6.07 Å². The maximum atomic E-state index is 10.9. The number of rotatable bonds is 3. The van der Waals surface area contributed by atoms with Crippen LogP contribution in [0.4, 0.5) is 0 Å². The first-order chi connectivity index (χ1) is 6.26. The number of nitriles is 1. The van der Waals surface area contributed by atoms with Gasteiger partial charge in [-0.25, -0.2) is 0 Å². The average Bonchev–Trinajstić information content (AvgIpc) is 2.53. The van der Waals surface area contributed by atoms with Crippen LogP contribution in [0.2, 0.25) is 0 Å². The van der Waals surface area contributed by atoms with Crippen LogP contribution in [-0.2, 0) is 22.4 Å². The number of hydrogen-bond donors (Lipinski definition) is 0. The first-order valence-electron chi connectivity index (χ1n) is 3.76. The molecule has 0 amide bonds. The smallest absolute Gasteiger partial charge is 0.310 e. The molecule has 0 aliphatic heterocycles. The van der Waals surface area contributed by atoms with E-state index in [-0.39, 0.29) is 5.97 Å². The number of esters is 1. The highest BCUT2D eigenvalue weighted by atomic mass is 32.1. The quantitative estimate of drug-likeness (QED) is 0.687. The van der Waals surface area contributed by atoms with E-state index in [0.29, 0.717) is 12.8 Å². The Hall–Kier alpha value is -1.34. The van der Waals surface area contributed by atoms with Gasteiger partial charge >= 0.3 is 5.97 Å². The van der Waals surface area contributed by atoms with Crippen LogP contribution in [0.1, 0.15) is 10.4 Å². The van der Waals surface area contributed by atoms with Crippen LogP contribution >= 0.6 is 11.3 Å². The van der Waals surface area contributed by atoms with Crippen LogP contribution in [0, 0.1) is 11.3 Å². The molecule has 1 heterocycles. The number of hydrogen-bond acceptors (Lipinski definition) is 4. The number of ether oxygens (including phenoxy) is 1. The molecule has 68 valence electrons. The first kappa shape index (κ1) is 9.75. The Kier molecular flexibility index (Phi) is 3.47. The molecule has 1 rings (SSSR count). The fraction of sp³-hybridized carbons (Fsp3) is 0.333. The lowest BCUT2D eigenvalue weighted by atomic mass is 10.2. The molecule has 4 heteroatoms. The topological polar surface area (TPSA) is 50.1 Å². The summed E-state index contributed by atoms with van der Waals surface area (Å²) in [6, 6.07) is 3.92. The zero-order valence-electron chi connectivity index (χ0n) is 7.24. The van der Waals surface area contributed by atoms with Crippen molar-refractivity contribution >= 4 is 17.3 Å². The van der Waals surface area contributed by atoms with Gasteiger partial charge in [0.05, 0.1) is 26.0 Å². The summed E-state index contributed by atoms with van der Waals surface area (Å²) in [6.07, 6.45) is 0.699. The van der Waals surface area contributed by atoms with E-state index in [4.69, 9.17) is 5.26 Å². The van der Waals surface area contributed by atoms with Crippen molar-refractivity contribution in [2.75, 3.05) is 7.11 Å². The van der Waals surface area contributed by atoms with E-state index in [2.05, 4.69) is 10.8 Å². The van der Waals surface area contributed by atoms with Crippen LogP contribution < -0.4 is 0 Å². The molecule has 0 fully saturated rings. The van der Waals surface area contributed by atoms with Gasteiger partial charge in [0, 0.05) is 4.88 Å². The second kappa shape index (κ2) is 4.63. The van der Waals surface area contributed by atoms with Crippen molar-refractivity contribution in [2.24, 2.45) is 0 Å². The lowest BCUT2D eigenvalue weighted by molar-refractivity contribution is -0.139. The van der Waals surface area contributed by atoms with Gasteiger partial charge in [0.1, 0.15) is 0 Å². The van der Waals surface area contributed by atoms with E-state index >= 15 is 0 Å². The van der Waals surface area contributed by atoms with Crippen molar-refractivity contribution in [2.45, 2.75) is 12.8 Å². The molecule has 3 nitrogen and oxygen atoms in total. The largest absolute Gasteiger partial charge is 0.469 e. The highest BCUT2D eigenvalue weighted by Crippen LogP contribution is 2.15. The van der Waals surface area contributed by atoms with Gasteiger partial charge < -0.3 is 4.74 Å². The van der Waals surface area contributed by atoms with E-state index in [1.807, 2.05) is 11.4 Å². The second-order valence-corrected chi connectivity index (χ2v) is 3.50. The minimum atomic E-state index is -0.245. The monoisotopic (exact) mass is 195 g/mol. The zero-order chi connectivity index (χ0) is 9.68. The van der Waals surface area contributed by atoms with Crippen molar-refractivity contribution in [1.82, 2.24) is 0 Å². The Morgan fingerprint density at radius 2 is 2.54 bits per heavy atom. The molecule has 1 aromatic heterocycles. The number of carbonyl (C=O) groups excluding carboxylic acids is 1. The second-order valence-electron chi connectivity index (χ2n) is 2.51. The molecule has 0 atom stereocenters. The summed E-state index contributed by atoms with van der Waals surface area (Å²) < 4.78 is 4.53. The summed E-state index contributed by atoms with van der Waals surface area (Å²) in [6.45, 7) is 0. The van der Waals surface area contributed by atoms with Crippen molar-refractivity contribution in [3.63, 3.8) is 0 Å². The standard InChI is InChI=1S/C9H9NO2S/c1-12-9(11)5-8-4-7(2-3-10)6-13-8/h4,6H,2,5H2,1H3.